The predicted molar refractivity (Wildman–Crippen MR) is 108 cm³/mol. The van der Waals surface area contributed by atoms with Gasteiger partial charge < -0.3 is 19.2 Å². The van der Waals surface area contributed by atoms with Gasteiger partial charge in [-0.2, -0.15) is 0 Å². The molecule has 142 valence electrons. The second-order valence-electron chi connectivity index (χ2n) is 6.11. The van der Waals surface area contributed by atoms with Gasteiger partial charge in [-0.1, -0.05) is 29.3 Å². The summed E-state index contributed by atoms with van der Waals surface area (Å²) in [6, 6.07) is 15.2. The second-order valence-corrected chi connectivity index (χ2v) is 6.95. The van der Waals surface area contributed by atoms with Crippen molar-refractivity contribution in [1.29, 1.82) is 0 Å². The van der Waals surface area contributed by atoms with E-state index in [0.717, 1.165) is 48.1 Å². The summed E-state index contributed by atoms with van der Waals surface area (Å²) >= 11 is 12.3. The Hall–Kier alpha value is -2.14. The number of halogens is 2. The molecule has 0 aliphatic rings. The monoisotopic (exact) mass is 406 g/mol. The van der Waals surface area contributed by atoms with Crippen LogP contribution in [-0.2, 0) is 13.0 Å². The lowest BCUT2D eigenvalue weighted by molar-refractivity contribution is -0.671. The van der Waals surface area contributed by atoms with Gasteiger partial charge >= 0.3 is 0 Å². The van der Waals surface area contributed by atoms with Crippen LogP contribution in [0.2, 0.25) is 10.0 Å². The summed E-state index contributed by atoms with van der Waals surface area (Å²) in [4.78, 5) is 0. The van der Waals surface area contributed by atoms with Crippen molar-refractivity contribution in [2.24, 2.45) is 0 Å². The van der Waals surface area contributed by atoms with Gasteiger partial charge in [-0.05, 0) is 48.0 Å². The van der Waals surface area contributed by atoms with Crippen LogP contribution in [-0.4, -0.2) is 20.8 Å². The minimum absolute atomic E-state index is 0.623. The highest BCUT2D eigenvalue weighted by atomic mass is 35.5. The molecule has 27 heavy (non-hydrogen) atoms. The third-order valence-electron chi connectivity index (χ3n) is 4.29. The lowest BCUT2D eigenvalue weighted by atomic mass is 10.1. The minimum atomic E-state index is 0.623. The summed E-state index contributed by atoms with van der Waals surface area (Å²) in [6.07, 6.45) is 0.925. The van der Waals surface area contributed by atoms with E-state index in [-0.39, 0.29) is 0 Å². The average molecular weight is 407 g/mol. The van der Waals surface area contributed by atoms with E-state index in [1.807, 2.05) is 30.3 Å². The summed E-state index contributed by atoms with van der Waals surface area (Å²) in [7, 11) is 3.29. The largest absolute Gasteiger partial charge is 0.493 e. The van der Waals surface area contributed by atoms with Crippen molar-refractivity contribution in [3.63, 3.8) is 0 Å². The third-order valence-corrected chi connectivity index (χ3v) is 4.85. The number of hydrogen-bond donors (Lipinski definition) is 1. The first-order valence-corrected chi connectivity index (χ1v) is 9.43. The Bertz CT molecular complexity index is 908. The fraction of sp³-hybridized carbons (Fsp3) is 0.238. The van der Waals surface area contributed by atoms with Gasteiger partial charge in [-0.25, -0.2) is 0 Å². The highest BCUT2D eigenvalue weighted by Gasteiger charge is 2.11. The van der Waals surface area contributed by atoms with Crippen LogP contribution in [0, 0.1) is 0 Å². The summed E-state index contributed by atoms with van der Waals surface area (Å²) in [5.74, 6) is 3.12. The Kier molecular flexibility index (Phi) is 6.67. The van der Waals surface area contributed by atoms with Crippen molar-refractivity contribution >= 4 is 23.2 Å². The lowest BCUT2D eigenvalue weighted by Crippen LogP contribution is -2.83. The summed E-state index contributed by atoms with van der Waals surface area (Å²) in [5, 5.41) is 3.46. The van der Waals surface area contributed by atoms with Gasteiger partial charge in [-0.3, -0.25) is 0 Å². The molecular formula is C21H22Cl2NO3+. The first-order valence-electron chi connectivity index (χ1n) is 8.67. The van der Waals surface area contributed by atoms with Crippen LogP contribution in [0.25, 0.3) is 11.3 Å². The summed E-state index contributed by atoms with van der Waals surface area (Å²) in [5.41, 5.74) is 2.01. The van der Waals surface area contributed by atoms with Crippen LogP contribution in [0.3, 0.4) is 0 Å². The zero-order valence-corrected chi connectivity index (χ0v) is 16.8. The number of nitrogens with two attached hydrogens (primary N) is 1. The smallest absolute Gasteiger partial charge is 0.160 e. The molecule has 2 N–H and O–H groups in total. The maximum atomic E-state index is 6.24. The molecule has 0 radical (unpaired) electrons. The Balaban J connectivity index is 1.54. The van der Waals surface area contributed by atoms with E-state index in [1.54, 1.807) is 26.4 Å². The molecule has 4 nitrogen and oxygen atoms in total. The van der Waals surface area contributed by atoms with Gasteiger partial charge in [-0.15, -0.1) is 0 Å². The van der Waals surface area contributed by atoms with E-state index < -0.39 is 0 Å². The van der Waals surface area contributed by atoms with Crippen molar-refractivity contribution in [2.45, 2.75) is 13.0 Å². The molecule has 0 atom stereocenters. The molecule has 0 unspecified atom stereocenters. The fourth-order valence-electron chi connectivity index (χ4n) is 2.87. The van der Waals surface area contributed by atoms with Crippen LogP contribution in [0.1, 0.15) is 11.3 Å². The molecule has 3 rings (SSSR count). The van der Waals surface area contributed by atoms with Crippen molar-refractivity contribution in [2.75, 3.05) is 20.8 Å². The maximum Gasteiger partial charge on any atom is 0.160 e. The minimum Gasteiger partial charge on any atom is -0.493 e. The van der Waals surface area contributed by atoms with E-state index in [2.05, 4.69) is 11.4 Å². The molecule has 0 fully saturated rings. The van der Waals surface area contributed by atoms with Crippen molar-refractivity contribution in [3.05, 3.63) is 69.9 Å². The van der Waals surface area contributed by atoms with Crippen LogP contribution in [0.4, 0.5) is 0 Å². The van der Waals surface area contributed by atoms with E-state index in [0.29, 0.717) is 10.0 Å². The molecule has 0 aliphatic carbocycles. The topological polar surface area (TPSA) is 48.2 Å². The average Bonchev–Trinajstić information content (AvgIpc) is 3.15. The quantitative estimate of drug-likeness (QED) is 0.557. The number of quaternary nitrogens is 1. The molecule has 6 heteroatoms. The van der Waals surface area contributed by atoms with Gasteiger partial charge in [0.05, 0.1) is 25.8 Å². The SMILES string of the molecule is COc1ccc(CC[NH2+]Cc2ccc(-c3cc(Cl)ccc3Cl)o2)cc1OC. The predicted octanol–water partition coefficient (Wildman–Crippen LogP) is 4.58. The molecule has 0 bridgehead atoms. The third kappa shape index (κ3) is 4.98. The van der Waals surface area contributed by atoms with E-state index in [9.17, 15) is 0 Å². The van der Waals surface area contributed by atoms with E-state index in [1.165, 1.54) is 5.56 Å². The Morgan fingerprint density at radius 1 is 0.926 bits per heavy atom. The molecule has 0 aliphatic heterocycles. The second kappa shape index (κ2) is 9.18. The highest BCUT2D eigenvalue weighted by Crippen LogP contribution is 2.31. The molecular weight excluding hydrogens is 385 g/mol. The first-order chi connectivity index (χ1) is 13.1. The standard InChI is InChI=1S/C21H21Cl2NO3/c1-25-20-7-3-14(11-21(20)26-2)9-10-24-13-16-5-8-19(27-16)17-12-15(22)4-6-18(17)23/h3-8,11-12,24H,9-10,13H2,1-2H3/p+1. The van der Waals surface area contributed by atoms with Crippen molar-refractivity contribution < 1.29 is 19.2 Å². The zero-order chi connectivity index (χ0) is 19.2. The van der Waals surface area contributed by atoms with Crippen LogP contribution in [0.5, 0.6) is 11.5 Å². The zero-order valence-electron chi connectivity index (χ0n) is 15.3. The molecule has 0 amide bonds. The molecule has 0 saturated carbocycles. The van der Waals surface area contributed by atoms with Gasteiger partial charge in [0.25, 0.3) is 0 Å². The van der Waals surface area contributed by atoms with Crippen LogP contribution < -0.4 is 14.8 Å². The Morgan fingerprint density at radius 2 is 1.74 bits per heavy atom. The van der Waals surface area contributed by atoms with Gasteiger partial charge in [0.15, 0.2) is 17.3 Å². The number of methoxy groups -OCH3 is 2. The van der Waals surface area contributed by atoms with Crippen molar-refractivity contribution in [3.8, 4) is 22.8 Å². The molecule has 1 heterocycles. The van der Waals surface area contributed by atoms with Gasteiger partial charge in [0.2, 0.25) is 0 Å². The van der Waals surface area contributed by atoms with Crippen molar-refractivity contribution in [1.82, 2.24) is 0 Å². The Labute approximate surface area is 169 Å². The number of benzene rings is 2. The Morgan fingerprint density at radius 3 is 2.52 bits per heavy atom. The summed E-state index contributed by atoms with van der Waals surface area (Å²) in [6.45, 7) is 1.69. The number of furan rings is 1. The normalized spacial score (nSPS) is 10.8. The van der Waals surface area contributed by atoms with E-state index in [4.69, 9.17) is 37.1 Å². The number of hydrogen-bond acceptors (Lipinski definition) is 3. The van der Waals surface area contributed by atoms with Crippen LogP contribution >= 0.6 is 23.2 Å². The first kappa shape index (κ1) is 19.6. The number of ether oxygens (including phenoxy) is 2. The maximum absolute atomic E-state index is 6.24. The highest BCUT2D eigenvalue weighted by molar-refractivity contribution is 6.35. The molecule has 3 aromatic rings. The molecule has 2 aromatic carbocycles. The number of rotatable bonds is 8. The molecule has 1 aromatic heterocycles. The van der Waals surface area contributed by atoms with E-state index >= 15 is 0 Å². The lowest BCUT2D eigenvalue weighted by Gasteiger charge is -2.09. The fourth-order valence-corrected chi connectivity index (χ4v) is 3.25. The molecule has 0 saturated heterocycles. The molecule has 0 spiro atoms. The summed E-state index contributed by atoms with van der Waals surface area (Å²) < 4.78 is 16.5. The van der Waals surface area contributed by atoms with Crippen LogP contribution in [0.15, 0.2) is 52.9 Å². The van der Waals surface area contributed by atoms with Gasteiger partial charge in [0.1, 0.15) is 12.3 Å². The van der Waals surface area contributed by atoms with Gasteiger partial charge in [0, 0.05) is 17.0 Å².